The standard InChI is InChI=1S/C27H28N4O6S/c1-4-34-26(33)23-16(2)28-27-31(24(23)17-5-7-19-20(13-17)36-15-35-19)25(32)21(38-27)14-18-6-8-22(37-18)30-11-9-29(3)10-12-30/h5-8,13-14,24H,4,9-12,15H2,1-3H3/b21-14+/t24-/m1/s1. The number of carbonyl (C=O) groups excluding carboxylic acids is 1. The number of allylic oxidation sites excluding steroid dienone is 1. The van der Waals surface area contributed by atoms with Crippen molar-refractivity contribution in [2.75, 3.05) is 51.5 Å². The van der Waals surface area contributed by atoms with E-state index in [-0.39, 0.29) is 19.0 Å². The molecule has 0 amide bonds. The summed E-state index contributed by atoms with van der Waals surface area (Å²) in [6.07, 6.45) is 1.74. The van der Waals surface area contributed by atoms with Gasteiger partial charge in [0.05, 0.1) is 28.5 Å². The fourth-order valence-corrected chi connectivity index (χ4v) is 5.96. The number of furan rings is 1. The number of hydrogen-bond acceptors (Lipinski definition) is 10. The molecule has 0 bridgehead atoms. The number of likely N-dealkylation sites (N-methyl/N-ethyl adjacent to an activating group) is 1. The zero-order valence-electron chi connectivity index (χ0n) is 21.4. The minimum Gasteiger partial charge on any atom is -0.463 e. The lowest BCUT2D eigenvalue weighted by Crippen LogP contribution is -2.44. The van der Waals surface area contributed by atoms with Gasteiger partial charge in [0, 0.05) is 38.3 Å². The largest absolute Gasteiger partial charge is 0.463 e. The molecule has 0 N–H and O–H groups in total. The maximum absolute atomic E-state index is 13.8. The SMILES string of the molecule is CCOC(=O)C1=C(C)N=c2s/c(=C/c3ccc(N4CCN(C)CC4)o3)c(=O)n2[C@@H]1c1ccc2c(c1)OCO2. The number of aromatic nitrogens is 1. The molecule has 0 saturated carbocycles. The second kappa shape index (κ2) is 9.80. The Morgan fingerprint density at radius 3 is 2.74 bits per heavy atom. The van der Waals surface area contributed by atoms with Gasteiger partial charge in [0.25, 0.3) is 5.56 Å². The molecule has 0 aliphatic carbocycles. The first-order chi connectivity index (χ1) is 18.4. The lowest BCUT2D eigenvalue weighted by molar-refractivity contribution is -0.139. The number of esters is 1. The summed E-state index contributed by atoms with van der Waals surface area (Å²) in [5, 5.41) is 0. The van der Waals surface area contributed by atoms with Gasteiger partial charge in [-0.3, -0.25) is 9.36 Å². The first kappa shape index (κ1) is 24.5. The van der Waals surface area contributed by atoms with Gasteiger partial charge in [-0.15, -0.1) is 0 Å². The maximum atomic E-state index is 13.8. The highest BCUT2D eigenvalue weighted by Gasteiger charge is 2.34. The van der Waals surface area contributed by atoms with Crippen LogP contribution in [0.15, 0.2) is 55.8 Å². The normalized spacial score (nSPS) is 19.5. The van der Waals surface area contributed by atoms with E-state index >= 15 is 0 Å². The van der Waals surface area contributed by atoms with E-state index in [1.54, 1.807) is 36.6 Å². The Morgan fingerprint density at radius 2 is 1.95 bits per heavy atom. The quantitative estimate of drug-likeness (QED) is 0.456. The van der Waals surface area contributed by atoms with Crippen LogP contribution in [0, 0.1) is 0 Å². The molecule has 0 unspecified atom stereocenters. The molecule has 11 heteroatoms. The van der Waals surface area contributed by atoms with Gasteiger partial charge in [-0.25, -0.2) is 9.79 Å². The number of anilines is 1. The van der Waals surface area contributed by atoms with Crippen LogP contribution in [0.4, 0.5) is 5.88 Å². The molecule has 3 aliphatic heterocycles. The molecule has 3 aromatic rings. The summed E-state index contributed by atoms with van der Waals surface area (Å²) in [5.41, 5.74) is 1.27. The smallest absolute Gasteiger partial charge is 0.338 e. The Bertz CT molecular complexity index is 1610. The van der Waals surface area contributed by atoms with E-state index in [9.17, 15) is 9.59 Å². The van der Waals surface area contributed by atoms with Gasteiger partial charge in [0.2, 0.25) is 6.79 Å². The Hall–Kier alpha value is -3.83. The topological polar surface area (TPSA) is 98.7 Å². The number of piperazine rings is 1. The first-order valence-corrected chi connectivity index (χ1v) is 13.4. The Labute approximate surface area is 222 Å². The lowest BCUT2D eigenvalue weighted by atomic mass is 9.95. The number of carbonyl (C=O) groups is 1. The number of rotatable bonds is 5. The number of hydrogen-bond donors (Lipinski definition) is 0. The van der Waals surface area contributed by atoms with Gasteiger partial charge >= 0.3 is 5.97 Å². The summed E-state index contributed by atoms with van der Waals surface area (Å²) in [4.78, 5) is 36.5. The number of benzene rings is 1. The van der Waals surface area contributed by atoms with E-state index in [0.29, 0.717) is 43.4 Å². The second-order valence-electron chi connectivity index (χ2n) is 9.38. The van der Waals surface area contributed by atoms with Crippen LogP contribution < -0.4 is 29.3 Å². The van der Waals surface area contributed by atoms with E-state index in [4.69, 9.17) is 18.6 Å². The lowest BCUT2D eigenvalue weighted by Gasteiger charge is -2.32. The summed E-state index contributed by atoms with van der Waals surface area (Å²) in [6.45, 7) is 7.56. The van der Waals surface area contributed by atoms with Gasteiger partial charge in [-0.2, -0.15) is 0 Å². The molecule has 1 aromatic carbocycles. The third-order valence-electron chi connectivity index (χ3n) is 6.93. The zero-order chi connectivity index (χ0) is 26.4. The molecule has 1 atom stereocenters. The van der Waals surface area contributed by atoms with Crippen LogP contribution in [0.1, 0.15) is 31.2 Å². The van der Waals surface area contributed by atoms with E-state index in [2.05, 4.69) is 21.8 Å². The van der Waals surface area contributed by atoms with Crippen LogP contribution in [0.5, 0.6) is 11.5 Å². The minimum absolute atomic E-state index is 0.125. The monoisotopic (exact) mass is 536 g/mol. The maximum Gasteiger partial charge on any atom is 0.338 e. The van der Waals surface area contributed by atoms with Crippen molar-refractivity contribution < 1.29 is 23.4 Å². The van der Waals surface area contributed by atoms with Crippen molar-refractivity contribution in [3.05, 3.63) is 72.6 Å². The van der Waals surface area contributed by atoms with E-state index in [1.807, 2.05) is 18.2 Å². The molecule has 6 rings (SSSR count). The summed E-state index contributed by atoms with van der Waals surface area (Å²) in [6, 6.07) is 8.51. The van der Waals surface area contributed by atoms with Crippen molar-refractivity contribution >= 4 is 29.3 Å². The Morgan fingerprint density at radius 1 is 1.16 bits per heavy atom. The molecule has 198 valence electrons. The second-order valence-corrected chi connectivity index (χ2v) is 10.4. The zero-order valence-corrected chi connectivity index (χ0v) is 22.2. The molecule has 0 spiro atoms. The predicted octanol–water partition coefficient (Wildman–Crippen LogP) is 1.87. The molecule has 2 aromatic heterocycles. The highest BCUT2D eigenvalue weighted by Crippen LogP contribution is 2.38. The summed E-state index contributed by atoms with van der Waals surface area (Å²) >= 11 is 1.26. The fraction of sp³-hybridized carbons (Fsp3) is 0.370. The molecule has 3 aliphatic rings. The van der Waals surface area contributed by atoms with Crippen LogP contribution in [0.2, 0.25) is 0 Å². The average molecular weight is 537 g/mol. The van der Waals surface area contributed by atoms with Gasteiger partial charge in [-0.1, -0.05) is 17.4 Å². The summed E-state index contributed by atoms with van der Waals surface area (Å²) < 4.78 is 24.5. The molecule has 10 nitrogen and oxygen atoms in total. The van der Waals surface area contributed by atoms with Gasteiger partial charge in [-0.05, 0) is 44.7 Å². The third kappa shape index (κ3) is 4.31. The van der Waals surface area contributed by atoms with E-state index in [0.717, 1.165) is 32.1 Å². The summed E-state index contributed by atoms with van der Waals surface area (Å²) in [7, 11) is 2.11. The van der Waals surface area contributed by atoms with Crippen LogP contribution in [0.25, 0.3) is 6.08 Å². The van der Waals surface area contributed by atoms with Crippen LogP contribution in [0.3, 0.4) is 0 Å². The number of nitrogens with zero attached hydrogens (tertiary/aromatic N) is 4. The summed E-state index contributed by atoms with van der Waals surface area (Å²) in [5.74, 6) is 2.05. The van der Waals surface area contributed by atoms with Crippen molar-refractivity contribution in [1.29, 1.82) is 0 Å². The predicted molar refractivity (Wildman–Crippen MR) is 141 cm³/mol. The molecule has 1 saturated heterocycles. The van der Waals surface area contributed by atoms with Gasteiger partial charge in [0.1, 0.15) is 5.76 Å². The molecular formula is C27H28N4O6S. The number of fused-ring (bicyclic) bond motifs is 2. The van der Waals surface area contributed by atoms with Gasteiger partial charge in [0.15, 0.2) is 22.2 Å². The number of thiazole rings is 1. The Balaban J connectivity index is 1.43. The average Bonchev–Trinajstić information content (AvgIpc) is 3.63. The van der Waals surface area contributed by atoms with Crippen LogP contribution >= 0.6 is 11.3 Å². The highest BCUT2D eigenvalue weighted by molar-refractivity contribution is 7.07. The van der Waals surface area contributed by atoms with Crippen molar-refractivity contribution in [3.8, 4) is 11.5 Å². The van der Waals surface area contributed by atoms with Crippen molar-refractivity contribution in [2.45, 2.75) is 19.9 Å². The molecular weight excluding hydrogens is 508 g/mol. The number of ether oxygens (including phenoxy) is 3. The van der Waals surface area contributed by atoms with Gasteiger partial charge < -0.3 is 28.4 Å². The van der Waals surface area contributed by atoms with Crippen molar-refractivity contribution in [3.63, 3.8) is 0 Å². The molecule has 38 heavy (non-hydrogen) atoms. The molecule has 1 fully saturated rings. The van der Waals surface area contributed by atoms with Crippen LogP contribution in [-0.2, 0) is 9.53 Å². The van der Waals surface area contributed by atoms with E-state index < -0.39 is 12.0 Å². The highest BCUT2D eigenvalue weighted by atomic mass is 32.1. The van der Waals surface area contributed by atoms with Crippen LogP contribution in [-0.4, -0.2) is 62.1 Å². The first-order valence-electron chi connectivity index (χ1n) is 12.6. The third-order valence-corrected chi connectivity index (χ3v) is 7.91. The van der Waals surface area contributed by atoms with Crippen molar-refractivity contribution in [1.82, 2.24) is 9.47 Å². The molecule has 0 radical (unpaired) electrons. The Kier molecular flexibility index (Phi) is 6.32. The van der Waals surface area contributed by atoms with E-state index in [1.165, 1.54) is 11.3 Å². The molecule has 5 heterocycles. The fourth-order valence-electron chi connectivity index (χ4n) is 4.94. The van der Waals surface area contributed by atoms with Crippen molar-refractivity contribution in [2.24, 2.45) is 4.99 Å². The minimum atomic E-state index is -0.723.